The fourth-order valence-electron chi connectivity index (χ4n) is 2.22. The van der Waals surface area contributed by atoms with Crippen molar-refractivity contribution in [2.45, 2.75) is 52.0 Å². The fraction of sp³-hybridized carbons (Fsp3) is 0.917. The molecule has 0 aromatic carbocycles. The minimum absolute atomic E-state index is 0.117. The summed E-state index contributed by atoms with van der Waals surface area (Å²) in [5, 5.41) is 6.10. The lowest BCUT2D eigenvalue weighted by molar-refractivity contribution is -0.113. The van der Waals surface area contributed by atoms with Gasteiger partial charge in [-0.1, -0.05) is 27.2 Å². The number of carbonyl (C=O) groups is 1. The Labute approximate surface area is 94.0 Å². The van der Waals surface area contributed by atoms with Crippen LogP contribution in [0, 0.1) is 5.92 Å². The van der Waals surface area contributed by atoms with Gasteiger partial charge in [-0.15, -0.1) is 0 Å². The Morgan fingerprint density at radius 1 is 1.40 bits per heavy atom. The maximum Gasteiger partial charge on any atom is 0.207 e. The molecule has 0 aromatic rings. The Morgan fingerprint density at radius 3 is 2.40 bits per heavy atom. The Kier molecular flexibility index (Phi) is 7.39. The van der Waals surface area contributed by atoms with Gasteiger partial charge in [0.2, 0.25) is 6.41 Å². The number of nitrogens with one attached hydrogen (secondary N) is 2. The van der Waals surface area contributed by atoms with Crippen molar-refractivity contribution in [3.8, 4) is 0 Å². The van der Waals surface area contributed by atoms with Crippen LogP contribution >= 0.6 is 0 Å². The molecular weight excluding hydrogens is 188 g/mol. The summed E-state index contributed by atoms with van der Waals surface area (Å²) in [7, 11) is 1.95. The van der Waals surface area contributed by atoms with E-state index >= 15 is 0 Å². The van der Waals surface area contributed by atoms with Crippen LogP contribution in [-0.4, -0.2) is 25.5 Å². The summed E-state index contributed by atoms with van der Waals surface area (Å²) in [6.07, 6.45) is 5.45. The van der Waals surface area contributed by atoms with Crippen molar-refractivity contribution < 1.29 is 4.79 Å². The molecule has 90 valence electrons. The van der Waals surface area contributed by atoms with Gasteiger partial charge in [-0.25, -0.2) is 0 Å². The first kappa shape index (κ1) is 14.4. The average Bonchev–Trinajstić information content (AvgIpc) is 2.24. The van der Waals surface area contributed by atoms with Crippen molar-refractivity contribution in [2.24, 2.45) is 5.92 Å². The topological polar surface area (TPSA) is 41.1 Å². The molecule has 1 saturated carbocycles. The summed E-state index contributed by atoms with van der Waals surface area (Å²) in [5.74, 6) is 0.823. The Bertz CT molecular complexity index is 159. The molecule has 0 aromatic heterocycles. The molecule has 3 nitrogen and oxygen atoms in total. The van der Waals surface area contributed by atoms with Crippen molar-refractivity contribution in [1.29, 1.82) is 0 Å². The third-order valence-corrected chi connectivity index (χ3v) is 3.15. The zero-order valence-electron chi connectivity index (χ0n) is 10.6. The van der Waals surface area contributed by atoms with Crippen LogP contribution in [0.25, 0.3) is 0 Å². The molecule has 0 radical (unpaired) electrons. The first-order valence-corrected chi connectivity index (χ1v) is 6.12. The van der Waals surface area contributed by atoms with Crippen LogP contribution in [0.2, 0.25) is 0 Å². The van der Waals surface area contributed by atoms with Crippen LogP contribution in [0.4, 0.5) is 0 Å². The molecule has 0 atom stereocenters. The second kappa shape index (κ2) is 7.69. The number of hydrogen-bond donors (Lipinski definition) is 2. The lowest BCUT2D eigenvalue weighted by atomic mass is 9.65. The predicted molar refractivity (Wildman–Crippen MR) is 64.8 cm³/mol. The van der Waals surface area contributed by atoms with Gasteiger partial charge < -0.3 is 10.6 Å². The van der Waals surface area contributed by atoms with E-state index in [4.69, 9.17) is 0 Å². The largest absolute Gasteiger partial charge is 0.353 e. The van der Waals surface area contributed by atoms with Gasteiger partial charge in [-0.3, -0.25) is 4.79 Å². The van der Waals surface area contributed by atoms with E-state index in [9.17, 15) is 4.79 Å². The lowest BCUT2D eigenvalue weighted by Crippen LogP contribution is -2.55. The molecule has 0 saturated heterocycles. The highest BCUT2D eigenvalue weighted by Gasteiger charge is 2.42. The van der Waals surface area contributed by atoms with E-state index in [1.807, 2.05) is 20.9 Å². The highest BCUT2D eigenvalue weighted by Crippen LogP contribution is 2.41. The Hall–Kier alpha value is -0.570. The predicted octanol–water partition coefficient (Wildman–Crippen LogP) is 1.93. The van der Waals surface area contributed by atoms with E-state index in [0.29, 0.717) is 0 Å². The molecule has 3 heteroatoms. The molecule has 0 heterocycles. The van der Waals surface area contributed by atoms with E-state index < -0.39 is 0 Å². The quantitative estimate of drug-likeness (QED) is 0.663. The lowest BCUT2D eigenvalue weighted by Gasteiger charge is -2.47. The first-order valence-electron chi connectivity index (χ1n) is 6.12. The van der Waals surface area contributed by atoms with E-state index in [-0.39, 0.29) is 5.54 Å². The number of carbonyl (C=O) groups excluding carboxylic acids is 1. The highest BCUT2D eigenvalue weighted by molar-refractivity contribution is 5.48. The van der Waals surface area contributed by atoms with E-state index in [0.717, 1.165) is 38.1 Å². The third-order valence-electron chi connectivity index (χ3n) is 3.15. The number of amides is 1. The zero-order valence-corrected chi connectivity index (χ0v) is 10.6. The third kappa shape index (κ3) is 4.20. The van der Waals surface area contributed by atoms with Gasteiger partial charge in [0.25, 0.3) is 0 Å². The second-order valence-corrected chi connectivity index (χ2v) is 4.08. The molecule has 0 bridgehead atoms. The second-order valence-electron chi connectivity index (χ2n) is 4.08. The smallest absolute Gasteiger partial charge is 0.207 e. The monoisotopic (exact) mass is 214 g/mol. The molecule has 1 amide bonds. The normalized spacial score (nSPS) is 28.4. The Balaban J connectivity index is 0.000000921. The van der Waals surface area contributed by atoms with Crippen LogP contribution in [0.5, 0.6) is 0 Å². The standard InChI is InChI=1S/C10H20N2O.C2H6/c1-3-9-6-10(7-9,12-8-13)4-5-11-2;1-2/h8-9,11H,3-7H2,1-2H3,(H,12,13);1-2H3. The number of rotatable bonds is 6. The highest BCUT2D eigenvalue weighted by atomic mass is 16.1. The summed E-state index contributed by atoms with van der Waals surface area (Å²) in [6, 6.07) is 0. The first-order chi connectivity index (χ1) is 7.26. The molecule has 1 fully saturated rings. The van der Waals surface area contributed by atoms with E-state index in [1.54, 1.807) is 0 Å². The van der Waals surface area contributed by atoms with Crippen molar-refractivity contribution in [3.05, 3.63) is 0 Å². The van der Waals surface area contributed by atoms with Crippen LogP contribution in [-0.2, 0) is 4.79 Å². The van der Waals surface area contributed by atoms with Crippen molar-refractivity contribution in [3.63, 3.8) is 0 Å². The molecular formula is C12H26N2O. The Morgan fingerprint density at radius 2 is 2.00 bits per heavy atom. The van der Waals surface area contributed by atoms with Gasteiger partial charge in [0.05, 0.1) is 0 Å². The summed E-state index contributed by atoms with van der Waals surface area (Å²) in [5.41, 5.74) is 0.117. The maximum atomic E-state index is 10.4. The van der Waals surface area contributed by atoms with Gasteiger partial charge in [0, 0.05) is 5.54 Å². The van der Waals surface area contributed by atoms with Gasteiger partial charge >= 0.3 is 0 Å². The summed E-state index contributed by atoms with van der Waals surface area (Å²) in [4.78, 5) is 10.4. The fourth-order valence-corrected chi connectivity index (χ4v) is 2.22. The summed E-state index contributed by atoms with van der Waals surface area (Å²) in [6.45, 7) is 7.20. The van der Waals surface area contributed by atoms with E-state index in [1.165, 1.54) is 6.42 Å². The zero-order chi connectivity index (χ0) is 11.7. The molecule has 1 aliphatic rings. The molecule has 15 heavy (non-hydrogen) atoms. The molecule has 0 spiro atoms. The SMILES string of the molecule is CC.CCC1CC(CCNC)(NC=O)C1. The van der Waals surface area contributed by atoms with Gasteiger partial charge in [0.1, 0.15) is 0 Å². The molecule has 2 N–H and O–H groups in total. The van der Waals surface area contributed by atoms with Crippen molar-refractivity contribution in [1.82, 2.24) is 10.6 Å². The minimum atomic E-state index is 0.117. The van der Waals surface area contributed by atoms with Crippen molar-refractivity contribution in [2.75, 3.05) is 13.6 Å². The molecule has 0 aliphatic heterocycles. The average molecular weight is 214 g/mol. The van der Waals surface area contributed by atoms with Crippen LogP contribution in [0.15, 0.2) is 0 Å². The van der Waals surface area contributed by atoms with Crippen LogP contribution in [0.3, 0.4) is 0 Å². The van der Waals surface area contributed by atoms with Gasteiger partial charge in [0.15, 0.2) is 0 Å². The van der Waals surface area contributed by atoms with Crippen molar-refractivity contribution >= 4 is 6.41 Å². The molecule has 0 unspecified atom stereocenters. The summed E-state index contributed by atoms with van der Waals surface area (Å²) >= 11 is 0. The molecule has 1 aliphatic carbocycles. The van der Waals surface area contributed by atoms with Gasteiger partial charge in [-0.2, -0.15) is 0 Å². The summed E-state index contributed by atoms with van der Waals surface area (Å²) < 4.78 is 0. The van der Waals surface area contributed by atoms with E-state index in [2.05, 4.69) is 17.6 Å². The van der Waals surface area contributed by atoms with Crippen LogP contribution < -0.4 is 10.6 Å². The molecule has 1 rings (SSSR count). The number of hydrogen-bond acceptors (Lipinski definition) is 2. The van der Waals surface area contributed by atoms with Crippen LogP contribution in [0.1, 0.15) is 46.5 Å². The minimum Gasteiger partial charge on any atom is -0.353 e. The maximum absolute atomic E-state index is 10.4. The van der Waals surface area contributed by atoms with Gasteiger partial charge in [-0.05, 0) is 38.8 Å².